The van der Waals surface area contributed by atoms with Gasteiger partial charge >= 0.3 is 0 Å². The molecule has 1 aliphatic heterocycles. The van der Waals surface area contributed by atoms with Gasteiger partial charge in [0.2, 0.25) is 5.91 Å². The van der Waals surface area contributed by atoms with E-state index in [9.17, 15) is 4.79 Å². The molecule has 17 heavy (non-hydrogen) atoms. The van der Waals surface area contributed by atoms with Gasteiger partial charge in [0.1, 0.15) is 5.75 Å². The van der Waals surface area contributed by atoms with Crippen LogP contribution in [0.1, 0.15) is 18.4 Å². The SMILES string of the molecule is COc1cccc(CNC2CCCNC2=O)c1. The Hall–Kier alpha value is -1.55. The third-order valence-electron chi connectivity index (χ3n) is 2.97. The second kappa shape index (κ2) is 5.68. The maximum atomic E-state index is 11.5. The third-order valence-corrected chi connectivity index (χ3v) is 2.97. The van der Waals surface area contributed by atoms with Gasteiger partial charge in [-0.25, -0.2) is 0 Å². The van der Waals surface area contributed by atoms with E-state index in [0.717, 1.165) is 30.7 Å². The lowest BCUT2D eigenvalue weighted by Gasteiger charge is -2.22. The Morgan fingerprint density at radius 2 is 2.41 bits per heavy atom. The summed E-state index contributed by atoms with van der Waals surface area (Å²) in [5.41, 5.74) is 1.13. The molecule has 92 valence electrons. The molecule has 1 unspecified atom stereocenters. The Labute approximate surface area is 101 Å². The lowest BCUT2D eigenvalue weighted by atomic mass is 10.1. The van der Waals surface area contributed by atoms with Gasteiger partial charge in [-0.05, 0) is 30.5 Å². The van der Waals surface area contributed by atoms with Crippen LogP contribution in [0.25, 0.3) is 0 Å². The molecule has 1 saturated heterocycles. The van der Waals surface area contributed by atoms with E-state index in [2.05, 4.69) is 10.6 Å². The van der Waals surface area contributed by atoms with Gasteiger partial charge in [-0.15, -0.1) is 0 Å². The summed E-state index contributed by atoms with van der Waals surface area (Å²) in [5, 5.41) is 6.14. The van der Waals surface area contributed by atoms with Crippen LogP contribution in [0.2, 0.25) is 0 Å². The number of rotatable bonds is 4. The molecule has 1 aliphatic rings. The van der Waals surface area contributed by atoms with Crippen molar-refractivity contribution in [2.24, 2.45) is 0 Å². The normalized spacial score (nSPS) is 19.8. The van der Waals surface area contributed by atoms with Crippen molar-refractivity contribution in [3.8, 4) is 5.75 Å². The average Bonchev–Trinajstić information content (AvgIpc) is 2.38. The molecule has 1 aromatic rings. The van der Waals surface area contributed by atoms with Crippen molar-refractivity contribution in [3.05, 3.63) is 29.8 Å². The molecule has 1 heterocycles. The Morgan fingerprint density at radius 1 is 1.53 bits per heavy atom. The minimum atomic E-state index is -0.0602. The summed E-state index contributed by atoms with van der Waals surface area (Å²) in [6.07, 6.45) is 1.96. The zero-order chi connectivity index (χ0) is 12.1. The van der Waals surface area contributed by atoms with E-state index in [1.807, 2.05) is 24.3 Å². The zero-order valence-electron chi connectivity index (χ0n) is 10.0. The highest BCUT2D eigenvalue weighted by molar-refractivity contribution is 5.82. The second-order valence-corrected chi connectivity index (χ2v) is 4.22. The van der Waals surface area contributed by atoms with Gasteiger partial charge in [-0.1, -0.05) is 12.1 Å². The van der Waals surface area contributed by atoms with Crippen LogP contribution in [0.5, 0.6) is 5.75 Å². The van der Waals surface area contributed by atoms with Crippen LogP contribution in [0, 0.1) is 0 Å². The van der Waals surface area contributed by atoms with E-state index in [1.165, 1.54) is 0 Å². The Bertz CT molecular complexity index is 393. The lowest BCUT2D eigenvalue weighted by molar-refractivity contribution is -0.124. The van der Waals surface area contributed by atoms with Crippen LogP contribution in [0.3, 0.4) is 0 Å². The van der Waals surface area contributed by atoms with Crippen LogP contribution >= 0.6 is 0 Å². The smallest absolute Gasteiger partial charge is 0.237 e. The number of carbonyl (C=O) groups is 1. The number of ether oxygens (including phenoxy) is 1. The van der Waals surface area contributed by atoms with Crippen LogP contribution in [0.15, 0.2) is 24.3 Å². The fraction of sp³-hybridized carbons (Fsp3) is 0.462. The summed E-state index contributed by atoms with van der Waals surface area (Å²) in [6.45, 7) is 1.49. The standard InChI is InChI=1S/C13H18N2O2/c1-17-11-5-2-4-10(8-11)9-15-12-6-3-7-14-13(12)16/h2,4-5,8,12,15H,3,6-7,9H2,1H3,(H,14,16). The molecular formula is C13H18N2O2. The maximum absolute atomic E-state index is 11.5. The number of methoxy groups -OCH3 is 1. The van der Waals surface area contributed by atoms with Gasteiger partial charge in [-0.2, -0.15) is 0 Å². The molecule has 1 atom stereocenters. The Kier molecular flexibility index (Phi) is 3.98. The quantitative estimate of drug-likeness (QED) is 0.819. The lowest BCUT2D eigenvalue weighted by Crippen LogP contribution is -2.47. The number of piperidine rings is 1. The molecule has 2 N–H and O–H groups in total. The van der Waals surface area contributed by atoms with Crippen molar-refractivity contribution >= 4 is 5.91 Å². The number of amides is 1. The first-order chi connectivity index (χ1) is 8.29. The molecule has 0 aromatic heterocycles. The van der Waals surface area contributed by atoms with E-state index < -0.39 is 0 Å². The van der Waals surface area contributed by atoms with Gasteiger partial charge in [0.15, 0.2) is 0 Å². The summed E-state index contributed by atoms with van der Waals surface area (Å²) in [4.78, 5) is 11.5. The minimum absolute atomic E-state index is 0.0602. The second-order valence-electron chi connectivity index (χ2n) is 4.22. The van der Waals surface area contributed by atoms with Crippen LogP contribution in [0.4, 0.5) is 0 Å². The molecule has 0 aliphatic carbocycles. The van der Waals surface area contributed by atoms with Gasteiger partial charge in [0.25, 0.3) is 0 Å². The van der Waals surface area contributed by atoms with E-state index in [-0.39, 0.29) is 11.9 Å². The van der Waals surface area contributed by atoms with Crippen molar-refractivity contribution in [3.63, 3.8) is 0 Å². The number of hydrogen-bond acceptors (Lipinski definition) is 3. The molecule has 0 spiro atoms. The first-order valence-electron chi connectivity index (χ1n) is 5.93. The van der Waals surface area contributed by atoms with Gasteiger partial charge in [0, 0.05) is 13.1 Å². The first-order valence-corrected chi connectivity index (χ1v) is 5.93. The molecule has 1 aromatic carbocycles. The number of nitrogens with one attached hydrogen (secondary N) is 2. The fourth-order valence-electron chi connectivity index (χ4n) is 1.99. The molecule has 2 rings (SSSR count). The monoisotopic (exact) mass is 234 g/mol. The summed E-state index contributed by atoms with van der Waals surface area (Å²) >= 11 is 0. The summed E-state index contributed by atoms with van der Waals surface area (Å²) < 4.78 is 5.16. The third kappa shape index (κ3) is 3.20. The Balaban J connectivity index is 1.90. The van der Waals surface area contributed by atoms with E-state index in [0.29, 0.717) is 6.54 Å². The van der Waals surface area contributed by atoms with Crippen molar-refractivity contribution in [2.45, 2.75) is 25.4 Å². The van der Waals surface area contributed by atoms with Crippen molar-refractivity contribution in [1.82, 2.24) is 10.6 Å². The number of benzene rings is 1. The topological polar surface area (TPSA) is 50.4 Å². The molecule has 1 amide bonds. The highest BCUT2D eigenvalue weighted by Crippen LogP contribution is 2.13. The van der Waals surface area contributed by atoms with Crippen LogP contribution < -0.4 is 15.4 Å². The Morgan fingerprint density at radius 3 is 3.18 bits per heavy atom. The van der Waals surface area contributed by atoms with E-state index in [4.69, 9.17) is 4.74 Å². The number of carbonyl (C=O) groups excluding carboxylic acids is 1. The molecular weight excluding hydrogens is 216 g/mol. The summed E-state index contributed by atoms with van der Waals surface area (Å²) in [7, 11) is 1.65. The molecule has 1 fully saturated rings. The molecule has 0 bridgehead atoms. The predicted molar refractivity (Wildman–Crippen MR) is 65.9 cm³/mol. The van der Waals surface area contributed by atoms with Gasteiger partial charge in [0.05, 0.1) is 13.2 Å². The van der Waals surface area contributed by atoms with Gasteiger partial charge in [-0.3, -0.25) is 4.79 Å². The maximum Gasteiger partial charge on any atom is 0.237 e. The van der Waals surface area contributed by atoms with Crippen molar-refractivity contribution in [2.75, 3.05) is 13.7 Å². The van der Waals surface area contributed by atoms with Crippen molar-refractivity contribution < 1.29 is 9.53 Å². The van der Waals surface area contributed by atoms with E-state index >= 15 is 0 Å². The molecule has 4 heteroatoms. The average molecular weight is 234 g/mol. The summed E-state index contributed by atoms with van der Waals surface area (Å²) in [5.74, 6) is 0.955. The van der Waals surface area contributed by atoms with Gasteiger partial charge < -0.3 is 15.4 Å². The minimum Gasteiger partial charge on any atom is -0.497 e. The molecule has 0 radical (unpaired) electrons. The molecule has 0 saturated carbocycles. The zero-order valence-corrected chi connectivity index (χ0v) is 10.0. The van der Waals surface area contributed by atoms with Crippen LogP contribution in [-0.4, -0.2) is 25.6 Å². The van der Waals surface area contributed by atoms with E-state index in [1.54, 1.807) is 7.11 Å². The highest BCUT2D eigenvalue weighted by atomic mass is 16.5. The highest BCUT2D eigenvalue weighted by Gasteiger charge is 2.20. The predicted octanol–water partition coefficient (Wildman–Crippen LogP) is 1.06. The van der Waals surface area contributed by atoms with Crippen molar-refractivity contribution in [1.29, 1.82) is 0 Å². The largest absolute Gasteiger partial charge is 0.497 e. The number of hydrogen-bond donors (Lipinski definition) is 2. The van der Waals surface area contributed by atoms with Crippen LogP contribution in [-0.2, 0) is 11.3 Å². The molecule has 4 nitrogen and oxygen atoms in total. The first kappa shape index (κ1) is 11.9. The summed E-state index contributed by atoms with van der Waals surface area (Å²) in [6, 6.07) is 7.81. The fourth-order valence-corrected chi connectivity index (χ4v) is 1.99.